The highest BCUT2D eigenvalue weighted by atomic mass is 35.5. The minimum Gasteiger partial charge on any atom is -0.350 e. The maximum absolute atomic E-state index is 12.9. The van der Waals surface area contributed by atoms with Crippen LogP contribution in [0.3, 0.4) is 0 Å². The number of hydrogen-bond acceptors (Lipinski definition) is 4. The molecule has 2 N–H and O–H groups in total. The first kappa shape index (κ1) is 24.1. The highest BCUT2D eigenvalue weighted by Crippen LogP contribution is 2.33. The number of imide groups is 1. The molecule has 3 amide bonds. The van der Waals surface area contributed by atoms with E-state index >= 15 is 0 Å². The quantitative estimate of drug-likeness (QED) is 0.286. The second kappa shape index (κ2) is 10.1. The lowest BCUT2D eigenvalue weighted by Gasteiger charge is -2.15. The zero-order chi connectivity index (χ0) is 24.4. The van der Waals surface area contributed by atoms with Crippen molar-refractivity contribution in [1.82, 2.24) is 4.90 Å². The predicted molar refractivity (Wildman–Crippen MR) is 134 cm³/mol. The highest BCUT2D eigenvalue weighted by Gasteiger charge is 2.37. The van der Waals surface area contributed by atoms with Gasteiger partial charge in [0.2, 0.25) is 0 Å². The van der Waals surface area contributed by atoms with Crippen molar-refractivity contribution in [3.05, 3.63) is 104 Å². The summed E-state index contributed by atoms with van der Waals surface area (Å²) in [5, 5.41) is 6.03. The van der Waals surface area contributed by atoms with Crippen LogP contribution < -0.4 is 10.6 Å². The monoisotopic (exact) mass is 533 g/mol. The minimum atomic E-state index is -0.596. The number of nitrogens with zero attached hydrogens (tertiary/aromatic N) is 1. The summed E-state index contributed by atoms with van der Waals surface area (Å²) in [7, 11) is 0. The standard InChI is InChI=1S/C24H15Cl4N3O3/c25-16-10-18(27)19(11-17(16)26)30-22(32)14-7-4-8-15(9-14)29-21-20(28)23(33)31(24(21)34)12-13-5-2-1-3-6-13/h1-11,29H,12H2,(H,30,32). The first-order valence-corrected chi connectivity index (χ1v) is 11.4. The predicted octanol–water partition coefficient (Wildman–Crippen LogP) is 6.33. The zero-order valence-corrected chi connectivity index (χ0v) is 20.3. The van der Waals surface area contributed by atoms with Crippen LogP contribution in [0.25, 0.3) is 0 Å². The smallest absolute Gasteiger partial charge is 0.279 e. The van der Waals surface area contributed by atoms with Gasteiger partial charge in [-0.1, -0.05) is 82.8 Å². The molecule has 34 heavy (non-hydrogen) atoms. The average molecular weight is 535 g/mol. The van der Waals surface area contributed by atoms with Crippen molar-refractivity contribution in [3.63, 3.8) is 0 Å². The lowest BCUT2D eigenvalue weighted by molar-refractivity contribution is -0.138. The van der Waals surface area contributed by atoms with Gasteiger partial charge in [0, 0.05) is 11.3 Å². The molecular weight excluding hydrogens is 520 g/mol. The van der Waals surface area contributed by atoms with E-state index in [1.54, 1.807) is 18.2 Å². The van der Waals surface area contributed by atoms with Gasteiger partial charge in [0.25, 0.3) is 17.7 Å². The molecule has 0 atom stereocenters. The number of anilines is 2. The maximum atomic E-state index is 12.9. The number of carbonyl (C=O) groups is 3. The van der Waals surface area contributed by atoms with Crippen molar-refractivity contribution >= 4 is 75.5 Å². The van der Waals surface area contributed by atoms with Crippen molar-refractivity contribution in [3.8, 4) is 0 Å². The number of nitrogens with one attached hydrogen (secondary N) is 2. The Morgan fingerprint density at radius 3 is 2.24 bits per heavy atom. The summed E-state index contributed by atoms with van der Waals surface area (Å²) in [6, 6.07) is 18.3. The highest BCUT2D eigenvalue weighted by molar-refractivity contribution is 6.48. The second-order valence-corrected chi connectivity index (χ2v) is 8.88. The number of halogens is 4. The van der Waals surface area contributed by atoms with Gasteiger partial charge in [0.05, 0.1) is 27.3 Å². The molecule has 172 valence electrons. The molecule has 0 saturated carbocycles. The molecule has 4 rings (SSSR count). The van der Waals surface area contributed by atoms with Crippen LogP contribution in [-0.4, -0.2) is 22.6 Å². The average Bonchev–Trinajstić information content (AvgIpc) is 3.02. The van der Waals surface area contributed by atoms with E-state index in [0.29, 0.717) is 11.4 Å². The molecule has 0 bridgehead atoms. The second-order valence-electron chi connectivity index (χ2n) is 7.28. The van der Waals surface area contributed by atoms with Crippen molar-refractivity contribution in [2.24, 2.45) is 0 Å². The maximum Gasteiger partial charge on any atom is 0.279 e. The Balaban J connectivity index is 1.51. The summed E-state index contributed by atoms with van der Waals surface area (Å²) < 4.78 is 0. The van der Waals surface area contributed by atoms with Crippen molar-refractivity contribution in [2.75, 3.05) is 10.6 Å². The van der Waals surface area contributed by atoms with Crippen LogP contribution in [0.1, 0.15) is 15.9 Å². The van der Waals surface area contributed by atoms with Gasteiger partial charge >= 0.3 is 0 Å². The van der Waals surface area contributed by atoms with Crippen molar-refractivity contribution in [1.29, 1.82) is 0 Å². The van der Waals surface area contributed by atoms with Crippen LogP contribution >= 0.6 is 46.4 Å². The molecule has 10 heteroatoms. The van der Waals surface area contributed by atoms with Gasteiger partial charge in [-0.15, -0.1) is 0 Å². The number of benzene rings is 3. The molecule has 6 nitrogen and oxygen atoms in total. The fourth-order valence-electron chi connectivity index (χ4n) is 3.26. The van der Waals surface area contributed by atoms with Crippen LogP contribution in [0, 0.1) is 0 Å². The third kappa shape index (κ3) is 5.05. The Morgan fingerprint density at radius 2 is 1.50 bits per heavy atom. The van der Waals surface area contributed by atoms with Gasteiger partial charge < -0.3 is 10.6 Å². The van der Waals surface area contributed by atoms with Crippen LogP contribution in [0.15, 0.2) is 77.5 Å². The Morgan fingerprint density at radius 1 is 0.794 bits per heavy atom. The van der Waals surface area contributed by atoms with Crippen LogP contribution in [0.4, 0.5) is 11.4 Å². The first-order valence-electron chi connectivity index (χ1n) is 9.87. The fraction of sp³-hybridized carbons (Fsp3) is 0.0417. The molecule has 0 radical (unpaired) electrons. The largest absolute Gasteiger partial charge is 0.350 e. The third-order valence-electron chi connectivity index (χ3n) is 4.95. The van der Waals surface area contributed by atoms with Crippen molar-refractivity contribution in [2.45, 2.75) is 6.54 Å². The Kier molecular flexibility index (Phi) is 7.14. The number of carbonyl (C=O) groups excluding carboxylic acids is 3. The summed E-state index contributed by atoms with van der Waals surface area (Å²) >= 11 is 24.2. The molecule has 0 spiro atoms. The van der Waals surface area contributed by atoms with Gasteiger partial charge in [-0.25, -0.2) is 0 Å². The van der Waals surface area contributed by atoms with E-state index in [4.69, 9.17) is 46.4 Å². The summed E-state index contributed by atoms with van der Waals surface area (Å²) in [5.74, 6) is -1.62. The van der Waals surface area contributed by atoms with Crippen LogP contribution in [0.5, 0.6) is 0 Å². The van der Waals surface area contributed by atoms with E-state index in [0.717, 1.165) is 10.5 Å². The Hall–Kier alpha value is -3.03. The molecule has 0 saturated heterocycles. The van der Waals surface area contributed by atoms with E-state index in [1.807, 2.05) is 30.3 Å². The molecule has 0 unspecified atom stereocenters. The topological polar surface area (TPSA) is 78.5 Å². The van der Waals surface area contributed by atoms with Crippen molar-refractivity contribution < 1.29 is 14.4 Å². The SMILES string of the molecule is O=C(Nc1cc(Cl)c(Cl)cc1Cl)c1cccc(NC2=C(Cl)C(=O)N(Cc3ccccc3)C2=O)c1. The fourth-order valence-corrected chi connectivity index (χ4v) is 4.08. The summed E-state index contributed by atoms with van der Waals surface area (Å²) in [6.07, 6.45) is 0. The Bertz CT molecular complexity index is 1340. The number of hydrogen-bond donors (Lipinski definition) is 2. The summed E-state index contributed by atoms with van der Waals surface area (Å²) in [5.41, 5.74) is 1.67. The van der Waals surface area contributed by atoms with Gasteiger partial charge in [-0.05, 0) is 35.9 Å². The molecule has 0 fully saturated rings. The normalized spacial score (nSPS) is 13.5. The van der Waals surface area contributed by atoms with Crippen LogP contribution in [0.2, 0.25) is 15.1 Å². The van der Waals surface area contributed by atoms with E-state index in [2.05, 4.69) is 10.6 Å². The zero-order valence-electron chi connectivity index (χ0n) is 17.2. The van der Waals surface area contributed by atoms with E-state index in [1.165, 1.54) is 18.2 Å². The molecule has 1 aliphatic rings. The van der Waals surface area contributed by atoms with Gasteiger partial charge in [-0.2, -0.15) is 0 Å². The number of rotatable bonds is 6. The Labute approximate surface area is 215 Å². The molecule has 3 aromatic rings. The molecular formula is C24H15Cl4N3O3. The minimum absolute atomic E-state index is 0.0623. The van der Waals surface area contributed by atoms with Gasteiger partial charge in [-0.3, -0.25) is 19.3 Å². The van der Waals surface area contributed by atoms with E-state index in [9.17, 15) is 14.4 Å². The molecule has 3 aromatic carbocycles. The first-order chi connectivity index (χ1) is 16.2. The van der Waals surface area contributed by atoms with E-state index < -0.39 is 17.7 Å². The molecule has 1 heterocycles. The van der Waals surface area contributed by atoms with Gasteiger partial charge in [0.15, 0.2) is 0 Å². The molecule has 0 aliphatic carbocycles. The summed E-state index contributed by atoms with van der Waals surface area (Å²) in [4.78, 5) is 39.2. The van der Waals surface area contributed by atoms with Gasteiger partial charge in [0.1, 0.15) is 10.7 Å². The van der Waals surface area contributed by atoms with E-state index in [-0.39, 0.29) is 37.9 Å². The lowest BCUT2D eigenvalue weighted by atomic mass is 10.1. The third-order valence-corrected chi connectivity index (χ3v) is 6.33. The van der Waals surface area contributed by atoms with Crippen LogP contribution in [-0.2, 0) is 16.1 Å². The lowest BCUT2D eigenvalue weighted by Crippen LogP contribution is -2.31. The molecule has 0 aromatic heterocycles. The summed E-state index contributed by atoms with van der Waals surface area (Å²) in [6.45, 7) is 0.0900. The molecule has 1 aliphatic heterocycles. The number of amides is 3.